The van der Waals surface area contributed by atoms with Crippen molar-refractivity contribution in [3.63, 3.8) is 0 Å². The fourth-order valence-corrected chi connectivity index (χ4v) is 2.84. The summed E-state index contributed by atoms with van der Waals surface area (Å²) in [7, 11) is 1.56. The van der Waals surface area contributed by atoms with Gasteiger partial charge in [0, 0.05) is 26.5 Å². The van der Waals surface area contributed by atoms with Crippen molar-refractivity contribution >= 4 is 22.9 Å². The first kappa shape index (κ1) is 21.9. The van der Waals surface area contributed by atoms with Crippen LogP contribution in [-0.4, -0.2) is 50.9 Å². The summed E-state index contributed by atoms with van der Waals surface area (Å²) in [5, 5.41) is 13.1. The minimum absolute atomic E-state index is 0.0825. The maximum absolute atomic E-state index is 11.7. The van der Waals surface area contributed by atoms with Crippen molar-refractivity contribution in [3.05, 3.63) is 35.4 Å². The highest BCUT2D eigenvalue weighted by atomic mass is 16.5. The molecule has 0 aliphatic heterocycles. The Morgan fingerprint density at radius 2 is 1.97 bits per heavy atom. The van der Waals surface area contributed by atoms with Gasteiger partial charge in [-0.3, -0.25) is 9.36 Å². The lowest BCUT2D eigenvalue weighted by atomic mass is 10.1. The highest BCUT2D eigenvalue weighted by molar-refractivity contribution is 5.83. The molecule has 31 heavy (non-hydrogen) atoms. The molecule has 4 N–H and O–H groups in total. The number of rotatable bonds is 10. The van der Waals surface area contributed by atoms with Crippen molar-refractivity contribution in [2.75, 3.05) is 26.1 Å². The molecule has 0 bridgehead atoms. The number of anilines is 1. The van der Waals surface area contributed by atoms with Crippen molar-refractivity contribution in [3.8, 4) is 24.4 Å². The van der Waals surface area contributed by atoms with Gasteiger partial charge in [-0.05, 0) is 11.1 Å². The first-order chi connectivity index (χ1) is 15.0. The van der Waals surface area contributed by atoms with Crippen LogP contribution in [0.15, 0.2) is 24.3 Å². The summed E-state index contributed by atoms with van der Waals surface area (Å²) in [4.78, 5) is 24.1. The summed E-state index contributed by atoms with van der Waals surface area (Å²) in [5.74, 6) is 2.47. The van der Waals surface area contributed by atoms with Gasteiger partial charge in [-0.25, -0.2) is 0 Å². The molecule has 0 spiro atoms. The van der Waals surface area contributed by atoms with E-state index in [0.29, 0.717) is 43.7 Å². The average molecular weight is 424 g/mol. The maximum Gasteiger partial charge on any atom is 0.320 e. The van der Waals surface area contributed by atoms with E-state index in [-0.39, 0.29) is 30.4 Å². The Morgan fingerprint density at radius 3 is 2.68 bits per heavy atom. The number of nitrogens with one attached hydrogen (secondary N) is 1. The number of nitrogen functional groups attached to an aromatic ring is 1. The number of carbonyl (C=O) groups is 1. The average Bonchev–Trinajstić information content (AvgIpc) is 3.08. The number of benzene rings is 1. The number of terminal acetylenes is 1. The van der Waals surface area contributed by atoms with Gasteiger partial charge in [-0.2, -0.15) is 15.0 Å². The molecule has 10 nitrogen and oxygen atoms in total. The lowest BCUT2D eigenvalue weighted by Crippen LogP contribution is -2.22. The molecule has 0 saturated heterocycles. The topological polar surface area (TPSA) is 137 Å². The normalized spacial score (nSPS) is 10.7. The molecule has 0 unspecified atom stereocenters. The van der Waals surface area contributed by atoms with Crippen LogP contribution in [0.1, 0.15) is 24.0 Å². The number of hydrogen-bond acceptors (Lipinski definition) is 8. The highest BCUT2D eigenvalue weighted by Gasteiger charge is 2.17. The van der Waals surface area contributed by atoms with Crippen molar-refractivity contribution in [2.45, 2.75) is 25.9 Å². The van der Waals surface area contributed by atoms with Crippen LogP contribution in [0.25, 0.3) is 11.2 Å². The fourth-order valence-electron chi connectivity index (χ4n) is 2.84. The molecule has 10 heteroatoms. The van der Waals surface area contributed by atoms with Crippen molar-refractivity contribution in [2.24, 2.45) is 0 Å². The summed E-state index contributed by atoms with van der Waals surface area (Å²) in [6.45, 7) is 1.37. The molecule has 3 aromatic rings. The zero-order chi connectivity index (χ0) is 22.2. The number of ether oxygens (including phenoxy) is 2. The Balaban J connectivity index is 1.73. The van der Waals surface area contributed by atoms with E-state index in [1.54, 1.807) is 7.11 Å². The Hall–Kier alpha value is -3.84. The summed E-state index contributed by atoms with van der Waals surface area (Å²) in [6, 6.07) is 7.45. The van der Waals surface area contributed by atoms with Gasteiger partial charge in [0.2, 0.25) is 5.91 Å². The Kier molecular flexibility index (Phi) is 7.24. The molecule has 0 fully saturated rings. The van der Waals surface area contributed by atoms with Crippen LogP contribution in [0.4, 0.5) is 5.82 Å². The van der Waals surface area contributed by atoms with Gasteiger partial charge in [0.15, 0.2) is 17.0 Å². The molecule has 2 heterocycles. The second-order valence-corrected chi connectivity index (χ2v) is 6.70. The van der Waals surface area contributed by atoms with E-state index >= 15 is 0 Å². The molecule has 3 rings (SSSR count). The number of methoxy groups -OCH3 is 1. The van der Waals surface area contributed by atoms with Crippen LogP contribution in [0.3, 0.4) is 0 Å². The summed E-state index contributed by atoms with van der Waals surface area (Å²) in [6.07, 6.45) is 5.89. The van der Waals surface area contributed by atoms with E-state index in [4.69, 9.17) is 21.6 Å². The van der Waals surface area contributed by atoms with E-state index < -0.39 is 0 Å². The van der Waals surface area contributed by atoms with Gasteiger partial charge in [-0.15, -0.1) is 12.3 Å². The Labute approximate surface area is 179 Å². The van der Waals surface area contributed by atoms with Gasteiger partial charge in [0.1, 0.15) is 6.61 Å². The minimum Gasteiger partial charge on any atom is -0.480 e. The van der Waals surface area contributed by atoms with Crippen LogP contribution >= 0.6 is 0 Å². The number of aromatic hydroxyl groups is 1. The van der Waals surface area contributed by atoms with E-state index in [2.05, 4.69) is 26.2 Å². The molecule has 1 amide bonds. The first-order valence-electron chi connectivity index (χ1n) is 9.64. The van der Waals surface area contributed by atoms with Gasteiger partial charge in [-0.1, -0.05) is 24.3 Å². The quantitative estimate of drug-likeness (QED) is 0.326. The molecule has 0 saturated carbocycles. The smallest absolute Gasteiger partial charge is 0.320 e. The minimum atomic E-state index is -0.227. The third kappa shape index (κ3) is 5.61. The van der Waals surface area contributed by atoms with Gasteiger partial charge in [0.25, 0.3) is 6.01 Å². The lowest BCUT2D eigenvalue weighted by molar-refractivity contribution is -0.121. The van der Waals surface area contributed by atoms with Crippen LogP contribution in [-0.2, 0) is 22.6 Å². The fraction of sp³-hybridized carbons (Fsp3) is 0.333. The number of nitrogens with two attached hydrogens (primary N) is 1. The molecule has 162 valence electrons. The molecule has 0 aliphatic rings. The number of fused-ring (bicyclic) bond motifs is 1. The molecular formula is C21H24N6O4. The molecule has 0 atom stereocenters. The van der Waals surface area contributed by atoms with E-state index in [0.717, 1.165) is 11.1 Å². The van der Waals surface area contributed by atoms with Crippen molar-refractivity contribution in [1.82, 2.24) is 24.8 Å². The van der Waals surface area contributed by atoms with Crippen molar-refractivity contribution in [1.29, 1.82) is 0 Å². The largest absolute Gasteiger partial charge is 0.480 e. The standard InChI is InChI=1S/C21H24N6O4/c1-3-4-5-16(28)23-12-14-6-8-15(9-7-14)13-27-19-17(24-21(27)29)18(22)25-20(26-19)31-11-10-30-2/h1,6-9H,4-5,10-13H2,2H3,(H,23,28)(H,24,29)(H2,22,25,26). The molecule has 0 radical (unpaired) electrons. The summed E-state index contributed by atoms with van der Waals surface area (Å²) in [5.41, 5.74) is 8.45. The molecule has 2 aromatic heterocycles. The Morgan fingerprint density at radius 1 is 1.23 bits per heavy atom. The lowest BCUT2D eigenvalue weighted by Gasteiger charge is -2.09. The summed E-state index contributed by atoms with van der Waals surface area (Å²) < 4.78 is 11.9. The number of aromatic nitrogens is 4. The zero-order valence-corrected chi connectivity index (χ0v) is 17.2. The number of hydrogen-bond donors (Lipinski definition) is 3. The predicted molar refractivity (Wildman–Crippen MR) is 114 cm³/mol. The second-order valence-electron chi connectivity index (χ2n) is 6.70. The van der Waals surface area contributed by atoms with E-state index in [1.165, 1.54) is 4.57 Å². The summed E-state index contributed by atoms with van der Waals surface area (Å²) >= 11 is 0. The van der Waals surface area contributed by atoms with Gasteiger partial charge >= 0.3 is 6.01 Å². The monoisotopic (exact) mass is 424 g/mol. The molecule has 1 aromatic carbocycles. The second kappa shape index (κ2) is 10.3. The van der Waals surface area contributed by atoms with Crippen LogP contribution in [0, 0.1) is 12.3 Å². The van der Waals surface area contributed by atoms with Crippen LogP contribution in [0.5, 0.6) is 12.0 Å². The predicted octanol–water partition coefficient (Wildman–Crippen LogP) is 1.22. The molecular weight excluding hydrogens is 400 g/mol. The van der Waals surface area contributed by atoms with Crippen molar-refractivity contribution < 1.29 is 19.4 Å². The van der Waals surface area contributed by atoms with E-state index in [1.807, 2.05) is 24.3 Å². The van der Waals surface area contributed by atoms with Gasteiger partial charge < -0.3 is 25.6 Å². The maximum atomic E-state index is 11.7. The Bertz CT molecular complexity index is 1090. The number of carbonyl (C=O) groups excluding carboxylic acids is 1. The third-order valence-electron chi connectivity index (χ3n) is 4.45. The first-order valence-corrected chi connectivity index (χ1v) is 9.64. The SMILES string of the molecule is C#CCCC(=O)NCc1ccc(Cn2c(O)nc3c(N)nc(OCCOC)nc32)cc1. The van der Waals surface area contributed by atoms with E-state index in [9.17, 15) is 9.90 Å². The highest BCUT2D eigenvalue weighted by Crippen LogP contribution is 2.25. The van der Waals surface area contributed by atoms with Crippen LogP contribution < -0.4 is 15.8 Å². The zero-order valence-electron chi connectivity index (χ0n) is 17.2. The third-order valence-corrected chi connectivity index (χ3v) is 4.45. The molecule has 0 aliphatic carbocycles. The number of nitrogens with zero attached hydrogens (tertiary/aromatic N) is 4. The van der Waals surface area contributed by atoms with Crippen LogP contribution in [0.2, 0.25) is 0 Å². The van der Waals surface area contributed by atoms with Gasteiger partial charge in [0.05, 0.1) is 13.2 Å². The number of amides is 1. The number of imidazole rings is 1.